The molecule has 1 aliphatic rings. The standard InChI is InChI=1S/C19H19N5.C17H17N5/c1-24(14-3-4-14)10-12-2-5-16-13(8-12)9-17(23-16)15-6-7-20-19-18(15)21-11-22-19;1-22(2)9-11-3-4-14-12(7-11)8-15(21-14)13-5-6-18-17-16(13)19-10-20-17/h2,5-9,11,14,23H,3-4,10H2,1H3,(H,20,21,22);3-8,10,21H,9H2,1-2H3,(H,18,19,20). The first-order valence-electron chi connectivity index (χ1n) is 15.6. The van der Waals surface area contributed by atoms with Gasteiger partial charge >= 0.3 is 0 Å². The van der Waals surface area contributed by atoms with Gasteiger partial charge in [0.05, 0.1) is 23.7 Å². The molecule has 0 atom stereocenters. The van der Waals surface area contributed by atoms with Crippen LogP contribution in [0.15, 0.2) is 85.7 Å². The number of nitrogens with zero attached hydrogens (tertiary/aromatic N) is 6. The van der Waals surface area contributed by atoms with Crippen molar-refractivity contribution in [3.63, 3.8) is 0 Å². The summed E-state index contributed by atoms with van der Waals surface area (Å²) in [6.45, 7) is 1.96. The molecule has 0 saturated heterocycles. The molecule has 10 heteroatoms. The van der Waals surface area contributed by atoms with Crippen LogP contribution in [-0.4, -0.2) is 76.9 Å². The molecule has 0 spiro atoms. The van der Waals surface area contributed by atoms with Gasteiger partial charge in [-0.25, -0.2) is 19.9 Å². The largest absolute Gasteiger partial charge is 0.354 e. The Bertz CT molecular complexity index is 2300. The third kappa shape index (κ3) is 5.53. The number of aromatic nitrogens is 8. The van der Waals surface area contributed by atoms with Crippen molar-refractivity contribution in [3.05, 3.63) is 96.8 Å². The maximum Gasteiger partial charge on any atom is 0.178 e. The molecule has 1 saturated carbocycles. The predicted octanol–water partition coefficient (Wildman–Crippen LogP) is 6.87. The van der Waals surface area contributed by atoms with E-state index >= 15 is 0 Å². The molecule has 1 aliphatic carbocycles. The maximum atomic E-state index is 4.29. The highest BCUT2D eigenvalue weighted by Gasteiger charge is 2.25. The summed E-state index contributed by atoms with van der Waals surface area (Å²) in [6.07, 6.45) is 9.65. The molecular weight excluding hydrogens is 572 g/mol. The molecule has 0 unspecified atom stereocenters. The highest BCUT2D eigenvalue weighted by molar-refractivity contribution is 5.95. The first kappa shape index (κ1) is 28.2. The molecule has 4 N–H and O–H groups in total. The summed E-state index contributed by atoms with van der Waals surface area (Å²) in [5.41, 5.74) is 12.8. The molecule has 0 bridgehead atoms. The van der Waals surface area contributed by atoms with Gasteiger partial charge < -0.3 is 24.8 Å². The highest BCUT2D eigenvalue weighted by Crippen LogP contribution is 2.31. The zero-order chi connectivity index (χ0) is 31.2. The van der Waals surface area contributed by atoms with E-state index in [1.165, 1.54) is 34.7 Å². The van der Waals surface area contributed by atoms with E-state index in [0.29, 0.717) is 0 Å². The summed E-state index contributed by atoms with van der Waals surface area (Å²) in [6, 6.07) is 22.5. The monoisotopic (exact) mass is 608 g/mol. The Kier molecular flexibility index (Phi) is 7.08. The Morgan fingerprint density at radius 3 is 1.65 bits per heavy atom. The molecule has 2 aromatic carbocycles. The molecule has 0 amide bonds. The van der Waals surface area contributed by atoms with Crippen molar-refractivity contribution < 1.29 is 0 Å². The summed E-state index contributed by atoms with van der Waals surface area (Å²) in [5, 5.41) is 2.47. The van der Waals surface area contributed by atoms with Gasteiger partial charge in [0.15, 0.2) is 11.3 Å². The van der Waals surface area contributed by atoms with Gasteiger partial charge in [-0.2, -0.15) is 0 Å². The topological polar surface area (TPSA) is 121 Å². The number of imidazole rings is 2. The van der Waals surface area contributed by atoms with Gasteiger partial charge in [0.1, 0.15) is 0 Å². The van der Waals surface area contributed by atoms with Crippen molar-refractivity contribution in [2.24, 2.45) is 0 Å². The van der Waals surface area contributed by atoms with E-state index in [0.717, 1.165) is 75.0 Å². The van der Waals surface area contributed by atoms with Crippen LogP contribution >= 0.6 is 0 Å². The zero-order valence-corrected chi connectivity index (χ0v) is 26.2. The number of pyridine rings is 2. The smallest absolute Gasteiger partial charge is 0.178 e. The van der Waals surface area contributed by atoms with Crippen LogP contribution < -0.4 is 0 Å². The Labute approximate surface area is 265 Å². The number of benzene rings is 2. The van der Waals surface area contributed by atoms with Crippen molar-refractivity contribution in [1.82, 2.24) is 49.7 Å². The number of aromatic amines is 4. The molecule has 6 heterocycles. The Morgan fingerprint density at radius 2 is 1.15 bits per heavy atom. The van der Waals surface area contributed by atoms with E-state index in [2.05, 4.69) is 119 Å². The fourth-order valence-corrected chi connectivity index (χ4v) is 6.30. The Hall–Kier alpha value is -5.32. The van der Waals surface area contributed by atoms with E-state index in [4.69, 9.17) is 0 Å². The molecule has 46 heavy (non-hydrogen) atoms. The lowest BCUT2D eigenvalue weighted by Gasteiger charge is -2.15. The fourth-order valence-electron chi connectivity index (χ4n) is 6.30. The summed E-state index contributed by atoms with van der Waals surface area (Å²) in [4.78, 5) is 35.0. The second kappa shape index (κ2) is 11.6. The Morgan fingerprint density at radius 1 is 0.630 bits per heavy atom. The van der Waals surface area contributed by atoms with Gasteiger partial charge in [-0.15, -0.1) is 0 Å². The molecule has 8 aromatic rings. The number of rotatable bonds is 7. The molecule has 230 valence electrons. The predicted molar refractivity (Wildman–Crippen MR) is 184 cm³/mol. The number of H-pyrrole nitrogens is 4. The highest BCUT2D eigenvalue weighted by atomic mass is 15.1. The SMILES string of the molecule is CN(C)Cc1ccc2[nH]c(-c3ccnc4nc[nH]c34)cc2c1.CN(Cc1ccc2[nH]c(-c3ccnc4nc[nH]c34)cc2c1)C1CC1. The average molecular weight is 609 g/mol. The van der Waals surface area contributed by atoms with Gasteiger partial charge in [-0.05, 0) is 93.6 Å². The van der Waals surface area contributed by atoms with E-state index in [1.54, 1.807) is 25.0 Å². The van der Waals surface area contributed by atoms with E-state index in [-0.39, 0.29) is 0 Å². The van der Waals surface area contributed by atoms with Crippen molar-refractivity contribution >= 4 is 44.1 Å². The second-order valence-corrected chi connectivity index (χ2v) is 12.5. The first-order valence-corrected chi connectivity index (χ1v) is 15.6. The fraction of sp³-hybridized carbons (Fsp3) is 0.222. The van der Waals surface area contributed by atoms with E-state index in [1.807, 2.05) is 12.1 Å². The van der Waals surface area contributed by atoms with Crippen LogP contribution in [0.3, 0.4) is 0 Å². The minimum atomic E-state index is 0.740. The summed E-state index contributed by atoms with van der Waals surface area (Å²) >= 11 is 0. The summed E-state index contributed by atoms with van der Waals surface area (Å²) < 4.78 is 0. The van der Waals surface area contributed by atoms with Crippen molar-refractivity contribution in [2.45, 2.75) is 32.0 Å². The Balaban J connectivity index is 0.000000136. The van der Waals surface area contributed by atoms with Crippen LogP contribution in [0, 0.1) is 0 Å². The van der Waals surface area contributed by atoms with Gasteiger partial charge in [0, 0.05) is 75.8 Å². The van der Waals surface area contributed by atoms with Crippen LogP contribution in [0.4, 0.5) is 0 Å². The maximum absolute atomic E-state index is 4.29. The lowest BCUT2D eigenvalue weighted by atomic mass is 10.1. The van der Waals surface area contributed by atoms with Crippen molar-refractivity contribution in [3.8, 4) is 22.5 Å². The minimum absolute atomic E-state index is 0.740. The molecule has 0 radical (unpaired) electrons. The number of nitrogens with one attached hydrogen (secondary N) is 4. The second-order valence-electron chi connectivity index (χ2n) is 12.5. The quantitative estimate of drug-likeness (QED) is 0.157. The average Bonchev–Trinajstić information content (AvgIpc) is 3.41. The van der Waals surface area contributed by atoms with Gasteiger partial charge in [0.2, 0.25) is 0 Å². The normalized spacial score (nSPS) is 13.4. The third-order valence-electron chi connectivity index (χ3n) is 8.71. The van der Waals surface area contributed by atoms with Gasteiger partial charge in [0.25, 0.3) is 0 Å². The number of fused-ring (bicyclic) bond motifs is 4. The van der Waals surface area contributed by atoms with Crippen molar-refractivity contribution in [2.75, 3.05) is 21.1 Å². The third-order valence-corrected chi connectivity index (χ3v) is 8.71. The lowest BCUT2D eigenvalue weighted by Crippen LogP contribution is -2.19. The van der Waals surface area contributed by atoms with Crippen LogP contribution in [0.1, 0.15) is 24.0 Å². The molecule has 1 fully saturated rings. The first-order chi connectivity index (χ1) is 22.5. The molecule has 0 aliphatic heterocycles. The van der Waals surface area contributed by atoms with Gasteiger partial charge in [-0.3, -0.25) is 4.90 Å². The molecule has 10 nitrogen and oxygen atoms in total. The number of hydrogen-bond acceptors (Lipinski definition) is 6. The van der Waals surface area contributed by atoms with Gasteiger partial charge in [-0.1, -0.05) is 12.1 Å². The van der Waals surface area contributed by atoms with Crippen LogP contribution in [0.2, 0.25) is 0 Å². The molecular formula is C36H36N10. The minimum Gasteiger partial charge on any atom is -0.354 e. The van der Waals surface area contributed by atoms with E-state index in [9.17, 15) is 0 Å². The molecule has 6 aromatic heterocycles. The number of hydrogen-bond donors (Lipinski definition) is 4. The molecule has 9 rings (SSSR count). The van der Waals surface area contributed by atoms with E-state index < -0.39 is 0 Å². The summed E-state index contributed by atoms with van der Waals surface area (Å²) in [5.74, 6) is 0. The van der Waals surface area contributed by atoms with Crippen molar-refractivity contribution in [1.29, 1.82) is 0 Å². The summed E-state index contributed by atoms with van der Waals surface area (Å²) in [7, 11) is 6.38. The zero-order valence-electron chi connectivity index (χ0n) is 26.2. The lowest BCUT2D eigenvalue weighted by molar-refractivity contribution is 0.316. The van der Waals surface area contributed by atoms with Crippen LogP contribution in [0.5, 0.6) is 0 Å². The van der Waals surface area contributed by atoms with Crippen LogP contribution in [-0.2, 0) is 13.1 Å². The van der Waals surface area contributed by atoms with Crippen LogP contribution in [0.25, 0.3) is 66.6 Å².